The van der Waals surface area contributed by atoms with Crippen molar-refractivity contribution in [3.05, 3.63) is 52.1 Å². The lowest BCUT2D eigenvalue weighted by atomic mass is 10.2. The van der Waals surface area contributed by atoms with Crippen molar-refractivity contribution in [3.8, 4) is 11.6 Å². The van der Waals surface area contributed by atoms with Gasteiger partial charge in [-0.05, 0) is 12.1 Å². The van der Waals surface area contributed by atoms with E-state index in [2.05, 4.69) is 9.97 Å². The number of benzene rings is 1. The summed E-state index contributed by atoms with van der Waals surface area (Å²) in [5.41, 5.74) is -0.392. The summed E-state index contributed by atoms with van der Waals surface area (Å²) < 4.78 is 31.3. The van der Waals surface area contributed by atoms with Crippen LogP contribution < -0.4 is 10.3 Å². The van der Waals surface area contributed by atoms with Gasteiger partial charge in [0.05, 0.1) is 6.07 Å². The van der Waals surface area contributed by atoms with Gasteiger partial charge >= 0.3 is 0 Å². The summed E-state index contributed by atoms with van der Waals surface area (Å²) in [4.78, 5) is 18.0. The number of rotatable bonds is 3. The normalized spacial score (nSPS) is 10.8. The number of hydrogen-bond acceptors (Lipinski definition) is 3. The lowest BCUT2D eigenvalue weighted by Gasteiger charge is -2.08. The molecule has 100 valence electrons. The number of halogens is 2. The van der Waals surface area contributed by atoms with E-state index in [9.17, 15) is 13.6 Å². The number of nitrogens with one attached hydrogen (secondary N) is 1. The van der Waals surface area contributed by atoms with Crippen molar-refractivity contribution in [2.24, 2.45) is 0 Å². The number of nitrogens with zero attached hydrogens (tertiary/aromatic N) is 1. The van der Waals surface area contributed by atoms with Crippen LogP contribution in [0, 0.1) is 11.6 Å². The minimum Gasteiger partial charge on any atom is -0.436 e. The lowest BCUT2D eigenvalue weighted by Crippen LogP contribution is -2.12. The van der Waals surface area contributed by atoms with Crippen molar-refractivity contribution in [2.75, 3.05) is 0 Å². The minimum atomic E-state index is -0.854. The smallest absolute Gasteiger partial charge is 0.254 e. The summed E-state index contributed by atoms with van der Waals surface area (Å²) in [6.45, 7) is 3.70. The molecule has 19 heavy (non-hydrogen) atoms. The van der Waals surface area contributed by atoms with Crippen LogP contribution >= 0.6 is 0 Å². The highest BCUT2D eigenvalue weighted by atomic mass is 19.1. The molecule has 1 heterocycles. The van der Waals surface area contributed by atoms with Crippen LogP contribution in [0.1, 0.15) is 25.6 Å². The molecule has 0 atom stereocenters. The molecule has 1 N–H and O–H groups in total. The first-order chi connectivity index (χ1) is 8.95. The van der Waals surface area contributed by atoms with Crippen molar-refractivity contribution in [1.82, 2.24) is 9.97 Å². The van der Waals surface area contributed by atoms with E-state index < -0.39 is 17.2 Å². The summed E-state index contributed by atoms with van der Waals surface area (Å²) >= 11 is 0. The zero-order valence-electron chi connectivity index (χ0n) is 10.4. The van der Waals surface area contributed by atoms with Gasteiger partial charge in [-0.3, -0.25) is 4.79 Å². The second-order valence-corrected chi connectivity index (χ2v) is 4.30. The van der Waals surface area contributed by atoms with Crippen LogP contribution in [0.15, 0.2) is 29.1 Å². The van der Waals surface area contributed by atoms with Crippen LogP contribution in [0.4, 0.5) is 8.78 Å². The monoisotopic (exact) mass is 266 g/mol. The fourth-order valence-corrected chi connectivity index (χ4v) is 1.45. The van der Waals surface area contributed by atoms with Gasteiger partial charge in [0.2, 0.25) is 5.88 Å². The number of H-pyrrole nitrogens is 1. The molecule has 0 saturated heterocycles. The van der Waals surface area contributed by atoms with Gasteiger partial charge in [-0.15, -0.1) is 0 Å². The number of aromatic amines is 1. The fraction of sp³-hybridized carbons (Fsp3) is 0.231. The molecular weight excluding hydrogens is 254 g/mol. The Bertz CT molecular complexity index is 653. The second-order valence-electron chi connectivity index (χ2n) is 4.30. The highest BCUT2D eigenvalue weighted by Crippen LogP contribution is 2.23. The molecular formula is C13H12F2N2O2. The first-order valence-electron chi connectivity index (χ1n) is 5.70. The molecule has 6 heteroatoms. The first kappa shape index (κ1) is 13.2. The van der Waals surface area contributed by atoms with Gasteiger partial charge in [-0.2, -0.15) is 4.98 Å². The van der Waals surface area contributed by atoms with Crippen molar-refractivity contribution < 1.29 is 13.5 Å². The van der Waals surface area contributed by atoms with Crippen molar-refractivity contribution in [1.29, 1.82) is 0 Å². The Labute approximate surface area is 108 Å². The zero-order chi connectivity index (χ0) is 14.0. The van der Waals surface area contributed by atoms with Crippen LogP contribution in [0.3, 0.4) is 0 Å². The molecule has 0 aliphatic rings. The van der Waals surface area contributed by atoms with Gasteiger partial charge in [0.25, 0.3) is 5.56 Å². The Morgan fingerprint density at radius 1 is 1.26 bits per heavy atom. The molecule has 0 amide bonds. The highest BCUT2D eigenvalue weighted by Gasteiger charge is 2.10. The molecule has 0 aliphatic carbocycles. The third-order valence-corrected chi connectivity index (χ3v) is 2.39. The van der Waals surface area contributed by atoms with Crippen LogP contribution in [-0.2, 0) is 0 Å². The van der Waals surface area contributed by atoms with Gasteiger partial charge in [0.1, 0.15) is 11.6 Å². The van der Waals surface area contributed by atoms with E-state index in [4.69, 9.17) is 4.74 Å². The Morgan fingerprint density at radius 2 is 2.00 bits per heavy atom. The third kappa shape index (κ3) is 3.15. The van der Waals surface area contributed by atoms with Crippen molar-refractivity contribution in [3.63, 3.8) is 0 Å². The topological polar surface area (TPSA) is 55.0 Å². The third-order valence-electron chi connectivity index (χ3n) is 2.39. The molecule has 2 rings (SSSR count). The van der Waals surface area contributed by atoms with Crippen molar-refractivity contribution >= 4 is 0 Å². The molecule has 0 saturated carbocycles. The van der Waals surface area contributed by atoms with E-state index in [1.807, 2.05) is 13.8 Å². The molecule has 0 radical (unpaired) electrons. The Balaban J connectivity index is 2.35. The van der Waals surface area contributed by atoms with E-state index >= 15 is 0 Å². The summed E-state index contributed by atoms with van der Waals surface area (Å²) in [6, 6.07) is 4.01. The van der Waals surface area contributed by atoms with Gasteiger partial charge in [-0.1, -0.05) is 13.8 Å². The predicted molar refractivity (Wildman–Crippen MR) is 65.4 cm³/mol. The minimum absolute atomic E-state index is 0.00526. The average Bonchev–Trinajstić information content (AvgIpc) is 2.32. The molecule has 0 unspecified atom stereocenters. The standard InChI is InChI=1S/C13H12F2N2O2/c1-7(2)13-16-11(18)6-12(17-13)19-10-4-3-8(14)5-9(10)15/h3-7H,1-2H3,(H,16,17,18). The SMILES string of the molecule is CC(C)c1nc(Oc2ccc(F)cc2F)cc(=O)[nH]1. The Morgan fingerprint density at radius 3 is 2.63 bits per heavy atom. The van der Waals surface area contributed by atoms with Gasteiger partial charge in [0.15, 0.2) is 11.6 Å². The van der Waals surface area contributed by atoms with Gasteiger partial charge in [0, 0.05) is 12.0 Å². The summed E-state index contributed by atoms with van der Waals surface area (Å²) in [7, 11) is 0. The molecule has 0 bridgehead atoms. The van der Waals surface area contributed by atoms with E-state index in [0.29, 0.717) is 11.9 Å². The summed E-state index contributed by atoms with van der Waals surface area (Å²) in [5, 5.41) is 0. The quantitative estimate of drug-likeness (QED) is 0.929. The molecule has 0 aliphatic heterocycles. The van der Waals surface area contributed by atoms with E-state index in [0.717, 1.165) is 18.2 Å². The van der Waals surface area contributed by atoms with Gasteiger partial charge < -0.3 is 9.72 Å². The highest BCUT2D eigenvalue weighted by molar-refractivity contribution is 5.28. The van der Waals surface area contributed by atoms with Crippen molar-refractivity contribution in [2.45, 2.75) is 19.8 Å². The Kier molecular flexibility index (Phi) is 3.59. The molecule has 2 aromatic rings. The lowest BCUT2D eigenvalue weighted by molar-refractivity contribution is 0.419. The maximum absolute atomic E-state index is 13.4. The number of hydrogen-bond donors (Lipinski definition) is 1. The van der Waals surface area contributed by atoms with Crippen LogP contribution in [0.5, 0.6) is 11.6 Å². The maximum Gasteiger partial charge on any atom is 0.254 e. The second kappa shape index (κ2) is 5.17. The van der Waals surface area contributed by atoms with E-state index in [-0.39, 0.29) is 17.5 Å². The molecule has 0 spiro atoms. The molecule has 1 aromatic heterocycles. The maximum atomic E-state index is 13.4. The summed E-state index contributed by atoms with van der Waals surface area (Å²) in [5.74, 6) is -1.34. The molecule has 4 nitrogen and oxygen atoms in total. The first-order valence-corrected chi connectivity index (χ1v) is 5.70. The van der Waals surface area contributed by atoms with Crippen LogP contribution in [0.2, 0.25) is 0 Å². The molecule has 0 fully saturated rings. The largest absolute Gasteiger partial charge is 0.436 e. The molecule has 1 aromatic carbocycles. The van der Waals surface area contributed by atoms with Gasteiger partial charge in [-0.25, -0.2) is 8.78 Å². The average molecular weight is 266 g/mol. The number of aromatic nitrogens is 2. The Hall–Kier alpha value is -2.24. The predicted octanol–water partition coefficient (Wildman–Crippen LogP) is 2.96. The zero-order valence-corrected chi connectivity index (χ0v) is 10.4. The summed E-state index contributed by atoms with van der Waals surface area (Å²) in [6.07, 6.45) is 0. The number of ether oxygens (including phenoxy) is 1. The van der Waals surface area contributed by atoms with E-state index in [1.165, 1.54) is 0 Å². The fourth-order valence-electron chi connectivity index (χ4n) is 1.45. The van der Waals surface area contributed by atoms with Crippen LogP contribution in [-0.4, -0.2) is 9.97 Å². The van der Waals surface area contributed by atoms with E-state index in [1.54, 1.807) is 0 Å². The van der Waals surface area contributed by atoms with Crippen LogP contribution in [0.25, 0.3) is 0 Å².